The van der Waals surface area contributed by atoms with Gasteiger partial charge in [-0.25, -0.2) is 0 Å². The van der Waals surface area contributed by atoms with Crippen LogP contribution in [0.25, 0.3) is 0 Å². The molecule has 4 rings (SSSR count). The number of benzene rings is 2. The fraction of sp³-hybridized carbons (Fsp3) is 0.217. The molecule has 0 saturated carbocycles. The molecule has 1 aromatic heterocycles. The Morgan fingerprint density at radius 1 is 1.19 bits per heavy atom. The number of hydrogen-bond donors (Lipinski definition) is 1. The van der Waals surface area contributed by atoms with Crippen LogP contribution >= 0.6 is 47.1 Å². The highest BCUT2D eigenvalue weighted by atomic mass is 35.5. The lowest BCUT2D eigenvalue weighted by molar-refractivity contribution is -0.113. The number of thiophene rings is 1. The Kier molecular flexibility index (Phi) is 8.42. The standard InChI is InChI=1S/C23H20ClN3OS2.ClH/c24-17-6-8-18(9-7-17)29-15-22(28)26-23-20(12-25)19-10-11-27(14-21(19)30-23)13-16-4-2-1-3-5-16;/h1-9H,10-11,13-15H2,(H,26,28);1H. The largest absolute Gasteiger partial charge is 0.316 e. The van der Waals surface area contributed by atoms with Crippen LogP contribution in [0.2, 0.25) is 5.02 Å². The molecule has 0 bridgehead atoms. The van der Waals surface area contributed by atoms with Gasteiger partial charge in [0, 0.05) is 34.4 Å². The summed E-state index contributed by atoms with van der Waals surface area (Å²) in [6, 6.07) is 20.1. The Labute approximate surface area is 201 Å². The highest BCUT2D eigenvalue weighted by Crippen LogP contribution is 2.37. The molecule has 0 radical (unpaired) electrons. The summed E-state index contributed by atoms with van der Waals surface area (Å²) in [6.07, 6.45) is 0.830. The van der Waals surface area contributed by atoms with Gasteiger partial charge in [0.15, 0.2) is 0 Å². The first-order valence-electron chi connectivity index (χ1n) is 9.61. The smallest absolute Gasteiger partial charge is 0.235 e. The van der Waals surface area contributed by atoms with Crippen LogP contribution in [-0.4, -0.2) is 23.1 Å². The van der Waals surface area contributed by atoms with E-state index >= 15 is 0 Å². The van der Waals surface area contributed by atoms with Gasteiger partial charge in [0.2, 0.25) is 5.91 Å². The number of nitrogens with zero attached hydrogens (tertiary/aromatic N) is 2. The van der Waals surface area contributed by atoms with Crippen LogP contribution in [0.5, 0.6) is 0 Å². The van der Waals surface area contributed by atoms with Crippen LogP contribution in [0, 0.1) is 11.3 Å². The first-order valence-corrected chi connectivity index (χ1v) is 11.8. The molecule has 2 aromatic carbocycles. The summed E-state index contributed by atoms with van der Waals surface area (Å²) in [5.41, 5.74) is 3.00. The zero-order valence-electron chi connectivity index (χ0n) is 16.6. The summed E-state index contributed by atoms with van der Waals surface area (Å²) in [5.74, 6) is 0.182. The highest BCUT2D eigenvalue weighted by Gasteiger charge is 2.25. The maximum absolute atomic E-state index is 12.5. The average molecular weight is 490 g/mol. The predicted octanol–water partition coefficient (Wildman–Crippen LogP) is 5.98. The van der Waals surface area contributed by atoms with E-state index in [9.17, 15) is 10.1 Å². The number of fused-ring (bicyclic) bond motifs is 1. The lowest BCUT2D eigenvalue weighted by atomic mass is 10.0. The van der Waals surface area contributed by atoms with Gasteiger partial charge in [0.25, 0.3) is 0 Å². The predicted molar refractivity (Wildman–Crippen MR) is 131 cm³/mol. The van der Waals surface area contributed by atoms with Gasteiger partial charge >= 0.3 is 0 Å². The fourth-order valence-corrected chi connectivity index (χ4v) is 5.56. The number of carbonyl (C=O) groups excluding carboxylic acids is 1. The van der Waals surface area contributed by atoms with Gasteiger partial charge in [-0.15, -0.1) is 35.5 Å². The molecule has 0 fully saturated rings. The minimum absolute atomic E-state index is 0. The molecule has 2 heterocycles. The third-order valence-electron chi connectivity index (χ3n) is 4.93. The van der Waals surface area contributed by atoms with Crippen LogP contribution in [-0.2, 0) is 24.3 Å². The highest BCUT2D eigenvalue weighted by molar-refractivity contribution is 8.00. The fourth-order valence-electron chi connectivity index (χ4n) is 3.48. The molecule has 0 aliphatic carbocycles. The second kappa shape index (κ2) is 11.0. The zero-order chi connectivity index (χ0) is 20.9. The zero-order valence-corrected chi connectivity index (χ0v) is 19.8. The molecule has 0 unspecified atom stereocenters. The Hall–Kier alpha value is -2.01. The normalized spacial score (nSPS) is 13.0. The molecule has 4 nitrogen and oxygen atoms in total. The Morgan fingerprint density at radius 3 is 2.65 bits per heavy atom. The summed E-state index contributed by atoms with van der Waals surface area (Å²) in [5, 5.41) is 14.0. The van der Waals surface area contributed by atoms with Crippen molar-refractivity contribution in [1.29, 1.82) is 5.26 Å². The van der Waals surface area contributed by atoms with Gasteiger partial charge in [-0.05, 0) is 41.8 Å². The number of nitrogens with one attached hydrogen (secondary N) is 1. The van der Waals surface area contributed by atoms with Gasteiger partial charge in [-0.1, -0.05) is 41.9 Å². The van der Waals surface area contributed by atoms with Crippen molar-refractivity contribution in [3.63, 3.8) is 0 Å². The lowest BCUT2D eigenvalue weighted by Gasteiger charge is -2.26. The van der Waals surface area contributed by atoms with Gasteiger partial charge in [-0.3, -0.25) is 9.69 Å². The van der Waals surface area contributed by atoms with E-state index < -0.39 is 0 Å². The number of anilines is 1. The molecule has 0 atom stereocenters. The van der Waals surface area contributed by atoms with E-state index in [1.807, 2.05) is 30.3 Å². The monoisotopic (exact) mass is 489 g/mol. The van der Waals surface area contributed by atoms with E-state index in [1.165, 1.54) is 33.5 Å². The topological polar surface area (TPSA) is 56.1 Å². The molecular formula is C23H21Cl2N3OS2. The van der Waals surface area contributed by atoms with Crippen LogP contribution < -0.4 is 5.32 Å². The summed E-state index contributed by atoms with van der Waals surface area (Å²) in [7, 11) is 0. The van der Waals surface area contributed by atoms with Crippen LogP contribution in [0.3, 0.4) is 0 Å². The number of nitriles is 1. The quantitative estimate of drug-likeness (QED) is 0.432. The summed E-state index contributed by atoms with van der Waals surface area (Å²) in [4.78, 5) is 17.0. The van der Waals surface area contributed by atoms with E-state index in [0.717, 1.165) is 36.5 Å². The number of hydrogen-bond acceptors (Lipinski definition) is 5. The molecule has 1 amide bonds. The van der Waals surface area contributed by atoms with Gasteiger partial charge in [-0.2, -0.15) is 5.26 Å². The maximum Gasteiger partial charge on any atom is 0.235 e. The summed E-state index contributed by atoms with van der Waals surface area (Å²) >= 11 is 8.88. The van der Waals surface area contributed by atoms with Crippen molar-refractivity contribution >= 4 is 58.0 Å². The van der Waals surface area contributed by atoms with E-state index in [-0.39, 0.29) is 24.1 Å². The minimum atomic E-state index is -0.105. The molecule has 0 spiro atoms. The molecule has 1 aliphatic rings. The van der Waals surface area contributed by atoms with E-state index in [2.05, 4.69) is 40.6 Å². The summed E-state index contributed by atoms with van der Waals surface area (Å²) in [6.45, 7) is 2.60. The molecule has 160 valence electrons. The maximum atomic E-state index is 12.5. The van der Waals surface area contributed by atoms with E-state index in [4.69, 9.17) is 11.6 Å². The van der Waals surface area contributed by atoms with Gasteiger partial charge < -0.3 is 5.32 Å². The number of halogens is 2. The third kappa shape index (κ3) is 6.03. The summed E-state index contributed by atoms with van der Waals surface area (Å²) < 4.78 is 0. The molecule has 0 saturated heterocycles. The first-order chi connectivity index (χ1) is 14.6. The minimum Gasteiger partial charge on any atom is -0.316 e. The van der Waals surface area contributed by atoms with Crippen molar-refractivity contribution < 1.29 is 4.79 Å². The van der Waals surface area contributed by atoms with Gasteiger partial charge in [0.05, 0.1) is 11.3 Å². The van der Waals surface area contributed by atoms with Crippen LogP contribution in [0.15, 0.2) is 59.5 Å². The van der Waals surface area contributed by atoms with Crippen molar-refractivity contribution in [2.45, 2.75) is 24.4 Å². The number of amides is 1. The van der Waals surface area contributed by atoms with Gasteiger partial charge in [0.1, 0.15) is 11.1 Å². The molecule has 1 aliphatic heterocycles. The second-order valence-electron chi connectivity index (χ2n) is 7.06. The van der Waals surface area contributed by atoms with Crippen molar-refractivity contribution in [1.82, 2.24) is 4.90 Å². The molecule has 8 heteroatoms. The molecule has 3 aromatic rings. The van der Waals surface area contributed by atoms with Crippen LogP contribution in [0.1, 0.15) is 21.6 Å². The van der Waals surface area contributed by atoms with Crippen molar-refractivity contribution in [2.24, 2.45) is 0 Å². The SMILES string of the molecule is Cl.N#Cc1c(NC(=O)CSc2ccc(Cl)cc2)sc2c1CCN(Cc1ccccc1)C2. The number of carbonyl (C=O) groups is 1. The Bertz CT molecular complexity index is 1080. The van der Waals surface area contributed by atoms with Crippen molar-refractivity contribution in [2.75, 3.05) is 17.6 Å². The van der Waals surface area contributed by atoms with E-state index in [1.54, 1.807) is 0 Å². The van der Waals surface area contributed by atoms with E-state index in [0.29, 0.717) is 15.6 Å². The lowest BCUT2D eigenvalue weighted by Crippen LogP contribution is -2.29. The first kappa shape index (κ1) is 23.6. The molecule has 1 N–H and O–H groups in total. The third-order valence-corrected chi connectivity index (χ3v) is 7.33. The van der Waals surface area contributed by atoms with Crippen molar-refractivity contribution in [3.8, 4) is 6.07 Å². The second-order valence-corrected chi connectivity index (χ2v) is 9.65. The van der Waals surface area contributed by atoms with Crippen molar-refractivity contribution in [3.05, 3.63) is 81.2 Å². The number of rotatable bonds is 6. The van der Waals surface area contributed by atoms with Crippen LogP contribution in [0.4, 0.5) is 5.00 Å². The average Bonchev–Trinajstić information content (AvgIpc) is 3.10. The Morgan fingerprint density at radius 2 is 1.94 bits per heavy atom. The number of thioether (sulfide) groups is 1. The molecular weight excluding hydrogens is 469 g/mol. The molecule has 31 heavy (non-hydrogen) atoms. The Balaban J connectivity index is 0.00000272.